The number of nitrogens with zero attached hydrogens (tertiary/aromatic N) is 1. The number of aromatic nitrogens is 1. The molecule has 0 aliphatic heterocycles. The van der Waals surface area contributed by atoms with Crippen LogP contribution in [0.2, 0.25) is 0 Å². The molecule has 1 aromatic heterocycles. The highest BCUT2D eigenvalue weighted by molar-refractivity contribution is 7.13. The maximum absolute atomic E-state index is 13.2. The number of aliphatic hydroxyl groups excluding tert-OH is 1. The predicted molar refractivity (Wildman–Crippen MR) is 101 cm³/mol. The fourth-order valence-corrected chi connectivity index (χ4v) is 3.56. The first-order valence-corrected chi connectivity index (χ1v) is 9.17. The molecule has 0 bridgehead atoms. The van der Waals surface area contributed by atoms with Crippen molar-refractivity contribution in [2.24, 2.45) is 0 Å². The molecule has 0 saturated carbocycles. The number of amides is 1. The molecule has 0 fully saturated rings. The molecule has 7 heteroatoms. The van der Waals surface area contributed by atoms with Crippen molar-refractivity contribution in [3.63, 3.8) is 0 Å². The minimum absolute atomic E-state index is 0.139. The summed E-state index contributed by atoms with van der Waals surface area (Å²) in [6.07, 6.45) is -1.15. The van der Waals surface area contributed by atoms with E-state index in [-0.39, 0.29) is 17.8 Å². The number of carbonyl (C=O) groups excluding carboxylic acids is 1. The smallest absolute Gasteiger partial charge is 0.270 e. The van der Waals surface area contributed by atoms with Crippen LogP contribution < -0.4 is 5.32 Å². The average Bonchev–Trinajstić information content (AvgIpc) is 3.11. The molecule has 3 aromatic rings. The Balaban J connectivity index is 1.66. The number of nitrogens with one attached hydrogen (secondary N) is 1. The number of aryl methyl sites for hydroxylation is 2. The molecule has 0 spiro atoms. The van der Waals surface area contributed by atoms with Gasteiger partial charge in [0.15, 0.2) is 11.6 Å². The molecule has 1 atom stereocenters. The zero-order valence-corrected chi connectivity index (χ0v) is 15.6. The molecule has 3 rings (SSSR count). The molecule has 4 nitrogen and oxygen atoms in total. The molecule has 1 amide bonds. The van der Waals surface area contributed by atoms with E-state index in [0.29, 0.717) is 0 Å². The van der Waals surface area contributed by atoms with Crippen molar-refractivity contribution in [2.75, 3.05) is 6.54 Å². The van der Waals surface area contributed by atoms with Crippen LogP contribution in [0.4, 0.5) is 8.78 Å². The van der Waals surface area contributed by atoms with Crippen molar-refractivity contribution in [1.29, 1.82) is 0 Å². The van der Waals surface area contributed by atoms with E-state index < -0.39 is 23.6 Å². The van der Waals surface area contributed by atoms with E-state index in [2.05, 4.69) is 16.4 Å². The summed E-state index contributed by atoms with van der Waals surface area (Å²) in [6, 6.07) is 9.13. The van der Waals surface area contributed by atoms with Crippen LogP contribution >= 0.6 is 11.3 Å². The van der Waals surface area contributed by atoms with Gasteiger partial charge in [-0.15, -0.1) is 11.3 Å². The molecule has 0 aliphatic rings. The number of aliphatic hydroxyl groups is 1. The second kappa shape index (κ2) is 7.94. The third-order valence-electron chi connectivity index (χ3n) is 4.13. The fraction of sp³-hybridized carbons (Fsp3) is 0.200. The lowest BCUT2D eigenvalue weighted by atomic mass is 10.1. The van der Waals surface area contributed by atoms with Crippen molar-refractivity contribution in [3.05, 3.63) is 75.8 Å². The average molecular weight is 388 g/mol. The Morgan fingerprint density at radius 1 is 1.19 bits per heavy atom. The fourth-order valence-electron chi connectivity index (χ4n) is 2.67. The van der Waals surface area contributed by atoms with E-state index in [4.69, 9.17) is 0 Å². The summed E-state index contributed by atoms with van der Waals surface area (Å²) in [5, 5.41) is 15.0. The molecule has 27 heavy (non-hydrogen) atoms. The van der Waals surface area contributed by atoms with Gasteiger partial charge >= 0.3 is 0 Å². The van der Waals surface area contributed by atoms with Crippen LogP contribution in [-0.2, 0) is 0 Å². The first-order valence-electron chi connectivity index (χ1n) is 8.29. The van der Waals surface area contributed by atoms with Gasteiger partial charge < -0.3 is 10.4 Å². The van der Waals surface area contributed by atoms with Gasteiger partial charge in [-0.25, -0.2) is 13.8 Å². The Morgan fingerprint density at radius 3 is 2.67 bits per heavy atom. The lowest BCUT2D eigenvalue weighted by Gasteiger charge is -2.12. The third kappa shape index (κ3) is 4.37. The minimum atomic E-state index is -1.15. The van der Waals surface area contributed by atoms with Crippen LogP contribution in [0.1, 0.15) is 33.3 Å². The van der Waals surface area contributed by atoms with Gasteiger partial charge in [0.1, 0.15) is 10.7 Å². The van der Waals surface area contributed by atoms with Crippen molar-refractivity contribution in [1.82, 2.24) is 10.3 Å². The summed E-state index contributed by atoms with van der Waals surface area (Å²) in [4.78, 5) is 16.6. The topological polar surface area (TPSA) is 62.2 Å². The quantitative estimate of drug-likeness (QED) is 0.690. The van der Waals surface area contributed by atoms with Gasteiger partial charge in [0, 0.05) is 17.5 Å². The second-order valence-electron chi connectivity index (χ2n) is 6.26. The molecule has 140 valence electrons. The Morgan fingerprint density at radius 2 is 1.96 bits per heavy atom. The molecule has 0 aliphatic carbocycles. The second-order valence-corrected chi connectivity index (χ2v) is 7.11. The number of hydrogen-bond donors (Lipinski definition) is 2. The maximum atomic E-state index is 13.2. The van der Waals surface area contributed by atoms with E-state index in [9.17, 15) is 18.7 Å². The van der Waals surface area contributed by atoms with Crippen LogP contribution in [-0.4, -0.2) is 22.5 Å². The summed E-state index contributed by atoms with van der Waals surface area (Å²) in [5.41, 5.74) is 3.62. The van der Waals surface area contributed by atoms with Crippen molar-refractivity contribution in [3.8, 4) is 10.6 Å². The van der Waals surface area contributed by atoms with E-state index in [1.54, 1.807) is 5.38 Å². The number of carbonyl (C=O) groups is 1. The zero-order valence-electron chi connectivity index (χ0n) is 14.8. The molecule has 1 heterocycles. The van der Waals surface area contributed by atoms with Crippen molar-refractivity contribution >= 4 is 17.2 Å². The van der Waals surface area contributed by atoms with E-state index in [0.717, 1.165) is 33.8 Å². The highest BCUT2D eigenvalue weighted by atomic mass is 32.1. The normalized spacial score (nSPS) is 12.0. The summed E-state index contributed by atoms with van der Waals surface area (Å²) in [5.74, 6) is -2.48. The molecule has 0 unspecified atom stereocenters. The zero-order chi connectivity index (χ0) is 19.6. The lowest BCUT2D eigenvalue weighted by Crippen LogP contribution is -2.28. The first-order chi connectivity index (χ1) is 12.8. The number of rotatable bonds is 5. The molecule has 0 radical (unpaired) electrons. The molecule has 2 aromatic carbocycles. The Labute approximate surface area is 159 Å². The van der Waals surface area contributed by atoms with Crippen molar-refractivity contribution in [2.45, 2.75) is 20.0 Å². The summed E-state index contributed by atoms with van der Waals surface area (Å²) in [6.45, 7) is 3.86. The van der Waals surface area contributed by atoms with Gasteiger partial charge in [-0.2, -0.15) is 0 Å². The Hall–Kier alpha value is -2.64. The standard InChI is InChI=1S/C20H18F2N2O2S/c1-11-3-5-14(12(2)7-11)20-24-17(10-27-20)19(26)23-9-18(25)13-4-6-15(21)16(22)8-13/h3-8,10,18,25H,9H2,1-2H3,(H,23,26)/t18-/m1/s1. The molecular formula is C20H18F2N2O2S. The van der Waals surface area contributed by atoms with E-state index >= 15 is 0 Å². The van der Waals surface area contributed by atoms with Gasteiger partial charge in [0.25, 0.3) is 5.91 Å². The number of thiazole rings is 1. The maximum Gasteiger partial charge on any atom is 0.270 e. The number of hydrogen-bond acceptors (Lipinski definition) is 4. The van der Waals surface area contributed by atoms with Crippen LogP contribution in [0, 0.1) is 25.5 Å². The minimum Gasteiger partial charge on any atom is -0.387 e. The molecule has 0 saturated heterocycles. The summed E-state index contributed by atoms with van der Waals surface area (Å²) < 4.78 is 26.2. The highest BCUT2D eigenvalue weighted by Crippen LogP contribution is 2.27. The van der Waals surface area contributed by atoms with Gasteiger partial charge in [-0.3, -0.25) is 4.79 Å². The van der Waals surface area contributed by atoms with Crippen LogP contribution in [0.25, 0.3) is 10.6 Å². The predicted octanol–water partition coefficient (Wildman–Crippen LogP) is 4.17. The van der Waals surface area contributed by atoms with E-state index in [1.807, 2.05) is 26.0 Å². The lowest BCUT2D eigenvalue weighted by molar-refractivity contribution is 0.0912. The SMILES string of the molecule is Cc1ccc(-c2nc(C(=O)NC[C@@H](O)c3ccc(F)c(F)c3)cs2)c(C)c1. The third-order valence-corrected chi connectivity index (χ3v) is 5.01. The molecule has 2 N–H and O–H groups in total. The Kier molecular flexibility index (Phi) is 5.62. The first kappa shape index (κ1) is 19.1. The largest absolute Gasteiger partial charge is 0.387 e. The van der Waals surface area contributed by atoms with Crippen LogP contribution in [0.15, 0.2) is 41.8 Å². The van der Waals surface area contributed by atoms with Crippen LogP contribution in [0.3, 0.4) is 0 Å². The summed E-state index contributed by atoms with van der Waals surface area (Å²) >= 11 is 1.36. The molecular weight excluding hydrogens is 370 g/mol. The van der Waals surface area contributed by atoms with E-state index in [1.165, 1.54) is 17.4 Å². The number of benzene rings is 2. The summed E-state index contributed by atoms with van der Waals surface area (Å²) in [7, 11) is 0. The monoisotopic (exact) mass is 388 g/mol. The number of halogens is 2. The Bertz CT molecular complexity index is 988. The van der Waals surface area contributed by atoms with Gasteiger partial charge in [-0.1, -0.05) is 29.8 Å². The highest BCUT2D eigenvalue weighted by Gasteiger charge is 2.16. The van der Waals surface area contributed by atoms with Gasteiger partial charge in [-0.05, 0) is 37.1 Å². The van der Waals surface area contributed by atoms with Crippen LogP contribution in [0.5, 0.6) is 0 Å². The van der Waals surface area contributed by atoms with Gasteiger partial charge in [0.2, 0.25) is 0 Å². The van der Waals surface area contributed by atoms with Crippen molar-refractivity contribution < 1.29 is 18.7 Å². The van der Waals surface area contributed by atoms with Gasteiger partial charge in [0.05, 0.1) is 6.10 Å².